The van der Waals surface area contributed by atoms with Crippen molar-refractivity contribution in [3.05, 3.63) is 47.0 Å². The van der Waals surface area contributed by atoms with E-state index in [9.17, 15) is 14.4 Å². The lowest BCUT2D eigenvalue weighted by molar-refractivity contribution is -0.147. The zero-order valence-corrected chi connectivity index (χ0v) is 16.7. The third-order valence-electron chi connectivity index (χ3n) is 5.88. The van der Waals surface area contributed by atoms with Gasteiger partial charge in [-0.25, -0.2) is 4.79 Å². The van der Waals surface area contributed by atoms with E-state index in [1.165, 1.54) is 6.92 Å². The van der Waals surface area contributed by atoms with Crippen molar-refractivity contribution < 1.29 is 33.0 Å². The van der Waals surface area contributed by atoms with Crippen molar-refractivity contribution in [1.29, 1.82) is 0 Å². The number of hydrogen-bond donors (Lipinski definition) is 0. The lowest BCUT2D eigenvalue weighted by atomic mass is 9.87. The van der Waals surface area contributed by atoms with Crippen LogP contribution in [0.5, 0.6) is 0 Å². The predicted molar refractivity (Wildman–Crippen MR) is 101 cm³/mol. The van der Waals surface area contributed by atoms with Crippen LogP contribution in [0.4, 0.5) is 0 Å². The Morgan fingerprint density at radius 2 is 2.14 bits per heavy atom. The summed E-state index contributed by atoms with van der Waals surface area (Å²) in [6.45, 7) is 9.13. The number of ether oxygens (including phenoxy) is 3. The highest BCUT2D eigenvalue weighted by atomic mass is 16.6. The summed E-state index contributed by atoms with van der Waals surface area (Å²) in [5.41, 5.74) is 1.08. The predicted octanol–water partition coefficient (Wildman–Crippen LogP) is 3.23. The molecule has 1 saturated heterocycles. The minimum Gasteiger partial charge on any atom is -0.462 e. The van der Waals surface area contributed by atoms with Crippen LogP contribution in [0.2, 0.25) is 0 Å². The average Bonchev–Trinajstić information content (AvgIpc) is 2.97. The molecule has 3 aliphatic heterocycles. The minimum absolute atomic E-state index is 0.169. The Balaban J connectivity index is 1.76. The highest BCUT2D eigenvalue weighted by Gasteiger charge is 2.57. The molecule has 7 nitrogen and oxygen atoms in total. The van der Waals surface area contributed by atoms with Crippen LogP contribution in [0.25, 0.3) is 0 Å². The maximum atomic E-state index is 12.5. The zero-order valence-electron chi connectivity index (χ0n) is 16.7. The Bertz CT molecular complexity index is 924. The van der Waals surface area contributed by atoms with Gasteiger partial charge in [-0.05, 0) is 38.3 Å². The molecule has 3 aliphatic rings. The topological polar surface area (TPSA) is 95.3 Å². The molecule has 7 heteroatoms. The van der Waals surface area contributed by atoms with Gasteiger partial charge in [-0.1, -0.05) is 12.2 Å². The summed E-state index contributed by atoms with van der Waals surface area (Å²) in [6.07, 6.45) is 2.14. The second kappa shape index (κ2) is 6.99. The van der Waals surface area contributed by atoms with Gasteiger partial charge in [0.05, 0.1) is 11.1 Å². The SMILES string of the molecule is C=C(C)[C@@H]1Cc2oc(cc2C=O)[C@H]2O[C@]2(C)C[C@@H]2C=C(C(=O)O2)[C@@H](OC(C)=O)C1. The molecule has 1 aromatic rings. The Hall–Kier alpha value is -2.67. The van der Waals surface area contributed by atoms with Crippen LogP contribution in [-0.4, -0.2) is 36.0 Å². The van der Waals surface area contributed by atoms with Gasteiger partial charge >= 0.3 is 11.9 Å². The number of esters is 2. The number of carbonyl (C=O) groups is 3. The number of rotatable bonds is 3. The van der Waals surface area contributed by atoms with Gasteiger partial charge in [-0.15, -0.1) is 0 Å². The summed E-state index contributed by atoms with van der Waals surface area (Å²) in [4.78, 5) is 35.8. The molecule has 154 valence electrons. The summed E-state index contributed by atoms with van der Waals surface area (Å²) in [6, 6.07) is 1.71. The van der Waals surface area contributed by atoms with Gasteiger partial charge in [0.1, 0.15) is 35.4 Å². The van der Waals surface area contributed by atoms with Crippen LogP contribution in [0.15, 0.2) is 34.3 Å². The lowest BCUT2D eigenvalue weighted by Gasteiger charge is -2.23. The van der Waals surface area contributed by atoms with E-state index in [0.717, 1.165) is 11.9 Å². The van der Waals surface area contributed by atoms with Gasteiger partial charge in [-0.2, -0.15) is 0 Å². The molecular formula is C22H24O7. The number of carbonyl (C=O) groups excluding carboxylic acids is 3. The van der Waals surface area contributed by atoms with E-state index in [0.29, 0.717) is 41.9 Å². The normalized spacial score (nSPS) is 33.2. The first-order valence-corrected chi connectivity index (χ1v) is 9.71. The highest BCUT2D eigenvalue weighted by Crippen LogP contribution is 2.54. The van der Waals surface area contributed by atoms with Crippen molar-refractivity contribution in [2.75, 3.05) is 0 Å². The summed E-state index contributed by atoms with van der Waals surface area (Å²) in [5.74, 6) is 0.00368. The molecule has 4 bridgehead atoms. The molecule has 0 aromatic carbocycles. The molecule has 0 spiro atoms. The van der Waals surface area contributed by atoms with Crippen LogP contribution in [0.3, 0.4) is 0 Å². The van der Waals surface area contributed by atoms with Crippen LogP contribution in [0.1, 0.15) is 61.6 Å². The van der Waals surface area contributed by atoms with Gasteiger partial charge in [0.15, 0.2) is 6.29 Å². The quantitative estimate of drug-likeness (QED) is 0.333. The van der Waals surface area contributed by atoms with E-state index in [1.807, 2.05) is 13.8 Å². The van der Waals surface area contributed by atoms with E-state index in [1.54, 1.807) is 12.1 Å². The van der Waals surface area contributed by atoms with Crippen LogP contribution in [-0.2, 0) is 30.2 Å². The molecule has 1 aromatic heterocycles. The first kappa shape index (κ1) is 19.6. The van der Waals surface area contributed by atoms with Crippen molar-refractivity contribution in [3.63, 3.8) is 0 Å². The van der Waals surface area contributed by atoms with Gasteiger partial charge in [-0.3, -0.25) is 9.59 Å². The number of allylic oxidation sites excluding steroid dienone is 1. The second-order valence-corrected chi connectivity index (χ2v) is 8.31. The summed E-state index contributed by atoms with van der Waals surface area (Å²) in [5, 5.41) is 0. The van der Waals surface area contributed by atoms with Crippen molar-refractivity contribution >= 4 is 18.2 Å². The van der Waals surface area contributed by atoms with E-state index < -0.39 is 29.7 Å². The molecule has 0 amide bonds. The standard InChI is InChI=1S/C22H24O7/c1-11(2)13-5-17-14(10-23)7-19(28-17)20-22(4,29-20)9-15-8-16(21(25)27-15)18(6-13)26-12(3)24/h7-8,10,13,15,18,20H,1,5-6,9H2,2-4H3/t13-,15+,18+,20-,22-/m1/s1. The summed E-state index contributed by atoms with van der Waals surface area (Å²) in [7, 11) is 0. The molecule has 0 saturated carbocycles. The molecular weight excluding hydrogens is 376 g/mol. The fraction of sp³-hybridized carbons (Fsp3) is 0.500. The largest absolute Gasteiger partial charge is 0.462 e. The number of hydrogen-bond acceptors (Lipinski definition) is 7. The molecule has 4 rings (SSSR count). The van der Waals surface area contributed by atoms with E-state index >= 15 is 0 Å². The van der Waals surface area contributed by atoms with E-state index in [2.05, 4.69) is 6.58 Å². The Morgan fingerprint density at radius 1 is 1.38 bits per heavy atom. The highest BCUT2D eigenvalue weighted by molar-refractivity contribution is 5.92. The molecule has 0 unspecified atom stereocenters. The molecule has 0 radical (unpaired) electrons. The maximum Gasteiger partial charge on any atom is 0.338 e. The smallest absolute Gasteiger partial charge is 0.338 e. The van der Waals surface area contributed by atoms with Gasteiger partial charge in [0.2, 0.25) is 0 Å². The molecule has 0 aliphatic carbocycles. The van der Waals surface area contributed by atoms with Crippen LogP contribution < -0.4 is 0 Å². The zero-order chi connectivity index (χ0) is 20.9. The van der Waals surface area contributed by atoms with Crippen molar-refractivity contribution in [1.82, 2.24) is 0 Å². The van der Waals surface area contributed by atoms with Gasteiger partial charge in [0, 0.05) is 19.8 Å². The van der Waals surface area contributed by atoms with Crippen LogP contribution >= 0.6 is 0 Å². The number of aldehydes is 1. The van der Waals surface area contributed by atoms with Crippen molar-refractivity contribution in [2.45, 2.75) is 63.9 Å². The first-order chi connectivity index (χ1) is 13.7. The third-order valence-corrected chi connectivity index (χ3v) is 5.88. The lowest BCUT2D eigenvalue weighted by Crippen LogP contribution is -2.26. The first-order valence-electron chi connectivity index (χ1n) is 9.71. The average molecular weight is 400 g/mol. The Labute approximate surface area is 168 Å². The van der Waals surface area contributed by atoms with Crippen molar-refractivity contribution in [3.8, 4) is 0 Å². The summed E-state index contributed by atoms with van der Waals surface area (Å²) < 4.78 is 22.9. The fourth-order valence-corrected chi connectivity index (χ4v) is 4.23. The van der Waals surface area contributed by atoms with E-state index in [-0.39, 0.29) is 12.0 Å². The maximum absolute atomic E-state index is 12.5. The molecule has 29 heavy (non-hydrogen) atoms. The molecule has 1 fully saturated rings. The third kappa shape index (κ3) is 3.67. The van der Waals surface area contributed by atoms with Gasteiger partial charge < -0.3 is 18.6 Å². The second-order valence-electron chi connectivity index (χ2n) is 8.31. The van der Waals surface area contributed by atoms with Crippen molar-refractivity contribution in [2.24, 2.45) is 5.92 Å². The monoisotopic (exact) mass is 400 g/mol. The van der Waals surface area contributed by atoms with Crippen LogP contribution in [0, 0.1) is 5.92 Å². The Kier molecular flexibility index (Phi) is 4.73. The molecule has 0 N–H and O–H groups in total. The number of fused-ring (bicyclic) bond motifs is 5. The molecule has 4 heterocycles. The number of furan rings is 1. The van der Waals surface area contributed by atoms with Gasteiger partial charge in [0.25, 0.3) is 0 Å². The molecule has 5 atom stereocenters. The minimum atomic E-state index is -0.759. The number of epoxide rings is 1. The Morgan fingerprint density at radius 3 is 2.79 bits per heavy atom. The summed E-state index contributed by atoms with van der Waals surface area (Å²) >= 11 is 0. The van der Waals surface area contributed by atoms with E-state index in [4.69, 9.17) is 18.6 Å². The fourth-order valence-electron chi connectivity index (χ4n) is 4.23.